The first-order chi connectivity index (χ1) is 9.65. The summed E-state index contributed by atoms with van der Waals surface area (Å²) < 4.78 is 5.47. The van der Waals surface area contributed by atoms with Gasteiger partial charge in [0, 0.05) is 22.7 Å². The van der Waals surface area contributed by atoms with Gasteiger partial charge in [-0.3, -0.25) is 0 Å². The number of methoxy groups -OCH3 is 1. The van der Waals surface area contributed by atoms with Gasteiger partial charge in [0.2, 0.25) is 0 Å². The molecule has 0 saturated heterocycles. The molecule has 2 aromatic rings. The fourth-order valence-corrected chi connectivity index (χ4v) is 3.01. The molecule has 1 aromatic heterocycles. The molecule has 0 saturated carbocycles. The van der Waals surface area contributed by atoms with Crippen molar-refractivity contribution in [2.45, 2.75) is 22.9 Å². The van der Waals surface area contributed by atoms with Crippen molar-refractivity contribution in [3.05, 3.63) is 47.1 Å². The highest BCUT2D eigenvalue weighted by molar-refractivity contribution is 7.99. The fourth-order valence-electron chi connectivity index (χ4n) is 1.90. The molecule has 1 N–H and O–H groups in total. The third-order valence-electron chi connectivity index (χ3n) is 3.03. The number of aromatic nitrogens is 1. The quantitative estimate of drug-likeness (QED) is 0.898. The molecule has 1 atom stereocenters. The Labute approximate surface area is 128 Å². The summed E-state index contributed by atoms with van der Waals surface area (Å²) in [5.74, 6) is 0.880. The lowest BCUT2D eigenvalue weighted by atomic mass is 10.1. The average Bonchev–Trinajstić information content (AvgIpc) is 2.48. The van der Waals surface area contributed by atoms with Crippen molar-refractivity contribution < 1.29 is 4.74 Å². The molecular formula is C15H17ClN2OS. The molecule has 3 nitrogen and oxygen atoms in total. The van der Waals surface area contributed by atoms with E-state index in [-0.39, 0.29) is 6.04 Å². The van der Waals surface area contributed by atoms with Gasteiger partial charge in [0.15, 0.2) is 0 Å². The van der Waals surface area contributed by atoms with Crippen LogP contribution < -0.4 is 10.1 Å². The topological polar surface area (TPSA) is 34.1 Å². The van der Waals surface area contributed by atoms with E-state index >= 15 is 0 Å². The number of hydrogen-bond donors (Lipinski definition) is 1. The molecule has 0 aliphatic rings. The van der Waals surface area contributed by atoms with Crippen LogP contribution in [-0.2, 0) is 0 Å². The summed E-state index contributed by atoms with van der Waals surface area (Å²) in [6.07, 6.45) is 1.66. The van der Waals surface area contributed by atoms with E-state index in [1.165, 1.54) is 0 Å². The molecule has 2 rings (SSSR count). The van der Waals surface area contributed by atoms with Crippen molar-refractivity contribution >= 4 is 23.4 Å². The van der Waals surface area contributed by atoms with Crippen LogP contribution in [0.2, 0.25) is 5.02 Å². The van der Waals surface area contributed by atoms with Crippen LogP contribution in [0, 0.1) is 0 Å². The van der Waals surface area contributed by atoms with Gasteiger partial charge >= 0.3 is 0 Å². The molecular weight excluding hydrogens is 292 g/mol. The van der Waals surface area contributed by atoms with Crippen LogP contribution in [0.4, 0.5) is 0 Å². The Balaban J connectivity index is 2.37. The van der Waals surface area contributed by atoms with E-state index in [2.05, 4.69) is 23.3 Å². The maximum absolute atomic E-state index is 5.86. The van der Waals surface area contributed by atoms with Crippen LogP contribution in [0.25, 0.3) is 0 Å². The average molecular weight is 309 g/mol. The van der Waals surface area contributed by atoms with Crippen molar-refractivity contribution in [1.29, 1.82) is 0 Å². The molecule has 20 heavy (non-hydrogen) atoms. The first-order valence-corrected chi connectivity index (χ1v) is 7.48. The number of benzene rings is 1. The predicted molar refractivity (Wildman–Crippen MR) is 83.8 cm³/mol. The minimum Gasteiger partial charge on any atom is -0.496 e. The smallest absolute Gasteiger partial charge is 0.124 e. The zero-order valence-electron chi connectivity index (χ0n) is 11.7. The number of pyridine rings is 1. The number of hydrogen-bond acceptors (Lipinski definition) is 4. The summed E-state index contributed by atoms with van der Waals surface area (Å²) >= 11 is 7.47. The maximum atomic E-state index is 5.86. The number of halogens is 1. The third kappa shape index (κ3) is 3.45. The summed E-state index contributed by atoms with van der Waals surface area (Å²) in [4.78, 5) is 5.45. The van der Waals surface area contributed by atoms with Gasteiger partial charge in [0.1, 0.15) is 10.8 Å². The first-order valence-electron chi connectivity index (χ1n) is 6.29. The first kappa shape index (κ1) is 15.2. The van der Waals surface area contributed by atoms with E-state index in [4.69, 9.17) is 16.3 Å². The second-order valence-corrected chi connectivity index (χ2v) is 5.80. The van der Waals surface area contributed by atoms with Crippen molar-refractivity contribution in [2.75, 3.05) is 14.2 Å². The standard InChI is InChI=1S/C15H17ClN2OS/c1-10(17-2)15-12(19-3)5-4-6-13(15)20-14-8-7-11(16)9-18-14/h4-10,17H,1-3H3. The third-order valence-corrected chi connectivity index (χ3v) is 4.28. The molecule has 0 aliphatic carbocycles. The second-order valence-electron chi connectivity index (χ2n) is 4.30. The van der Waals surface area contributed by atoms with Crippen molar-refractivity contribution in [3.8, 4) is 5.75 Å². The number of nitrogens with zero attached hydrogens (tertiary/aromatic N) is 1. The number of nitrogens with one attached hydrogen (secondary N) is 1. The molecule has 0 amide bonds. The van der Waals surface area contributed by atoms with E-state index in [9.17, 15) is 0 Å². The van der Waals surface area contributed by atoms with Gasteiger partial charge < -0.3 is 10.1 Å². The minimum atomic E-state index is 0.195. The predicted octanol–water partition coefficient (Wildman–Crippen LogP) is 4.18. The highest BCUT2D eigenvalue weighted by Crippen LogP contribution is 2.37. The van der Waals surface area contributed by atoms with Gasteiger partial charge in [0.05, 0.1) is 12.1 Å². The summed E-state index contributed by atoms with van der Waals surface area (Å²) in [6, 6.07) is 10.00. The van der Waals surface area contributed by atoms with Crippen LogP contribution in [0.15, 0.2) is 46.5 Å². The van der Waals surface area contributed by atoms with Crippen LogP contribution >= 0.6 is 23.4 Å². The Morgan fingerprint density at radius 3 is 2.70 bits per heavy atom. The number of ether oxygens (including phenoxy) is 1. The monoisotopic (exact) mass is 308 g/mol. The second kappa shape index (κ2) is 6.97. The molecule has 0 fully saturated rings. The molecule has 0 bridgehead atoms. The van der Waals surface area contributed by atoms with Gasteiger partial charge in [-0.05, 0) is 38.2 Å². The van der Waals surface area contributed by atoms with Gasteiger partial charge in [-0.1, -0.05) is 29.4 Å². The largest absolute Gasteiger partial charge is 0.496 e. The molecule has 0 radical (unpaired) electrons. The summed E-state index contributed by atoms with van der Waals surface area (Å²) in [7, 11) is 3.63. The molecule has 106 valence electrons. The van der Waals surface area contributed by atoms with E-state index in [1.54, 1.807) is 25.1 Å². The van der Waals surface area contributed by atoms with Gasteiger partial charge in [-0.2, -0.15) is 0 Å². The zero-order chi connectivity index (χ0) is 14.5. The summed E-state index contributed by atoms with van der Waals surface area (Å²) in [5.41, 5.74) is 1.14. The van der Waals surface area contributed by atoms with Gasteiger partial charge in [-0.25, -0.2) is 4.98 Å². The summed E-state index contributed by atoms with van der Waals surface area (Å²) in [5, 5.41) is 4.81. The highest BCUT2D eigenvalue weighted by Gasteiger charge is 2.15. The van der Waals surface area contributed by atoms with Crippen LogP contribution in [0.5, 0.6) is 5.75 Å². The Hall–Kier alpha value is -1.23. The lowest BCUT2D eigenvalue weighted by molar-refractivity contribution is 0.401. The zero-order valence-corrected chi connectivity index (χ0v) is 13.3. The number of rotatable bonds is 5. The van der Waals surface area contributed by atoms with Crippen molar-refractivity contribution in [3.63, 3.8) is 0 Å². The molecule has 5 heteroatoms. The maximum Gasteiger partial charge on any atom is 0.124 e. The van der Waals surface area contributed by atoms with Crippen LogP contribution in [0.1, 0.15) is 18.5 Å². The molecule has 0 aliphatic heterocycles. The lowest BCUT2D eigenvalue weighted by Gasteiger charge is -2.18. The molecule has 1 heterocycles. The Morgan fingerprint density at radius 1 is 1.30 bits per heavy atom. The Morgan fingerprint density at radius 2 is 2.10 bits per heavy atom. The Kier molecular flexibility index (Phi) is 5.29. The summed E-state index contributed by atoms with van der Waals surface area (Å²) in [6.45, 7) is 2.11. The minimum absolute atomic E-state index is 0.195. The van der Waals surface area contributed by atoms with E-state index in [0.717, 1.165) is 21.2 Å². The normalized spacial score (nSPS) is 12.2. The molecule has 1 unspecified atom stereocenters. The Bertz CT molecular complexity index is 575. The fraction of sp³-hybridized carbons (Fsp3) is 0.267. The van der Waals surface area contributed by atoms with Crippen molar-refractivity contribution in [2.24, 2.45) is 0 Å². The molecule has 1 aromatic carbocycles. The van der Waals surface area contributed by atoms with Crippen LogP contribution in [0.3, 0.4) is 0 Å². The van der Waals surface area contributed by atoms with Crippen molar-refractivity contribution in [1.82, 2.24) is 10.3 Å². The van der Waals surface area contributed by atoms with E-state index in [0.29, 0.717) is 5.02 Å². The highest BCUT2D eigenvalue weighted by atomic mass is 35.5. The van der Waals surface area contributed by atoms with Crippen LogP contribution in [-0.4, -0.2) is 19.1 Å². The molecule has 0 spiro atoms. The van der Waals surface area contributed by atoms with Gasteiger partial charge in [0.25, 0.3) is 0 Å². The SMILES string of the molecule is CNC(C)c1c(OC)cccc1Sc1ccc(Cl)cn1. The van der Waals surface area contributed by atoms with E-state index < -0.39 is 0 Å². The van der Waals surface area contributed by atoms with E-state index in [1.807, 2.05) is 31.3 Å². The van der Waals surface area contributed by atoms with Gasteiger partial charge in [-0.15, -0.1) is 0 Å². The lowest BCUT2D eigenvalue weighted by Crippen LogP contribution is -2.14.